The van der Waals surface area contributed by atoms with Crippen molar-refractivity contribution in [1.29, 1.82) is 0 Å². The summed E-state index contributed by atoms with van der Waals surface area (Å²) in [5.74, 6) is 0.469. The molecule has 1 aromatic rings. The van der Waals surface area contributed by atoms with Crippen LogP contribution in [0.1, 0.15) is 5.56 Å². The van der Waals surface area contributed by atoms with Crippen molar-refractivity contribution in [2.75, 3.05) is 26.9 Å². The molecule has 1 aromatic carbocycles. The Hall–Kier alpha value is -1.20. The van der Waals surface area contributed by atoms with Crippen molar-refractivity contribution in [2.24, 2.45) is 0 Å². The standard InChI is InChI=1S/C12H17F2NO2/c1-16-6-5-15-8-10-3-2-4-11(7-10)17-9-12(13)14/h2-4,7,12,15H,5-6,8-9H2,1H3. The van der Waals surface area contributed by atoms with Gasteiger partial charge in [0.2, 0.25) is 0 Å². The van der Waals surface area contributed by atoms with Crippen LogP contribution in [0.3, 0.4) is 0 Å². The number of hydrogen-bond donors (Lipinski definition) is 1. The lowest BCUT2D eigenvalue weighted by Crippen LogP contribution is -2.18. The lowest BCUT2D eigenvalue weighted by atomic mass is 10.2. The smallest absolute Gasteiger partial charge is 0.272 e. The van der Waals surface area contributed by atoms with Gasteiger partial charge in [-0.1, -0.05) is 12.1 Å². The van der Waals surface area contributed by atoms with Crippen molar-refractivity contribution < 1.29 is 18.3 Å². The number of hydrogen-bond acceptors (Lipinski definition) is 3. The highest BCUT2D eigenvalue weighted by Gasteiger charge is 2.03. The highest BCUT2D eigenvalue weighted by molar-refractivity contribution is 5.28. The van der Waals surface area contributed by atoms with Gasteiger partial charge in [0, 0.05) is 20.2 Å². The number of ether oxygens (including phenoxy) is 2. The van der Waals surface area contributed by atoms with Gasteiger partial charge in [-0.25, -0.2) is 8.78 Å². The number of halogens is 2. The molecule has 0 atom stereocenters. The maximum Gasteiger partial charge on any atom is 0.272 e. The predicted octanol–water partition coefficient (Wildman–Crippen LogP) is 2.07. The molecule has 0 aliphatic rings. The van der Waals surface area contributed by atoms with E-state index in [-0.39, 0.29) is 0 Å². The number of alkyl halides is 2. The average molecular weight is 245 g/mol. The van der Waals surface area contributed by atoms with Crippen LogP contribution in [0.15, 0.2) is 24.3 Å². The van der Waals surface area contributed by atoms with Crippen LogP contribution in [0, 0.1) is 0 Å². The first kappa shape index (κ1) is 13.9. The third-order valence-corrected chi connectivity index (χ3v) is 2.09. The Labute approximate surface area is 99.7 Å². The molecule has 17 heavy (non-hydrogen) atoms. The normalized spacial score (nSPS) is 10.8. The lowest BCUT2D eigenvalue weighted by molar-refractivity contribution is 0.0818. The Balaban J connectivity index is 2.37. The van der Waals surface area contributed by atoms with Crippen LogP contribution < -0.4 is 10.1 Å². The van der Waals surface area contributed by atoms with E-state index in [9.17, 15) is 8.78 Å². The first-order chi connectivity index (χ1) is 8.22. The van der Waals surface area contributed by atoms with Crippen molar-refractivity contribution in [3.8, 4) is 5.75 Å². The van der Waals surface area contributed by atoms with E-state index in [0.717, 1.165) is 12.1 Å². The molecule has 0 amide bonds. The summed E-state index contributed by atoms with van der Waals surface area (Å²) >= 11 is 0. The molecule has 3 nitrogen and oxygen atoms in total. The van der Waals surface area contributed by atoms with E-state index in [1.165, 1.54) is 0 Å². The van der Waals surface area contributed by atoms with E-state index in [1.54, 1.807) is 25.3 Å². The topological polar surface area (TPSA) is 30.5 Å². The molecule has 1 rings (SSSR count). The third kappa shape index (κ3) is 6.19. The van der Waals surface area contributed by atoms with E-state index < -0.39 is 13.0 Å². The van der Waals surface area contributed by atoms with Crippen molar-refractivity contribution in [3.63, 3.8) is 0 Å². The molecule has 0 heterocycles. The molecule has 0 bridgehead atoms. The Kier molecular flexibility index (Phi) is 6.50. The quantitative estimate of drug-likeness (QED) is 0.711. The summed E-state index contributed by atoms with van der Waals surface area (Å²) in [5, 5.41) is 3.17. The molecule has 0 saturated carbocycles. The van der Waals surface area contributed by atoms with Gasteiger partial charge >= 0.3 is 0 Å². The molecule has 0 aromatic heterocycles. The van der Waals surface area contributed by atoms with Gasteiger partial charge in [-0.05, 0) is 17.7 Å². The van der Waals surface area contributed by atoms with Gasteiger partial charge in [-0.3, -0.25) is 0 Å². The van der Waals surface area contributed by atoms with Crippen LogP contribution in [-0.4, -0.2) is 33.3 Å². The second-order valence-corrected chi connectivity index (χ2v) is 3.52. The maximum absolute atomic E-state index is 12.0. The van der Waals surface area contributed by atoms with Gasteiger partial charge in [-0.2, -0.15) is 0 Å². The molecule has 0 fully saturated rings. The summed E-state index contributed by atoms with van der Waals surface area (Å²) in [6, 6.07) is 7.12. The third-order valence-electron chi connectivity index (χ3n) is 2.09. The molecule has 5 heteroatoms. The summed E-state index contributed by atoms with van der Waals surface area (Å²) in [5.41, 5.74) is 0.993. The average Bonchev–Trinajstić information content (AvgIpc) is 2.33. The van der Waals surface area contributed by atoms with E-state index in [2.05, 4.69) is 5.32 Å². The Morgan fingerprint density at radius 2 is 2.18 bits per heavy atom. The zero-order valence-corrected chi connectivity index (χ0v) is 9.79. The molecule has 0 unspecified atom stereocenters. The monoisotopic (exact) mass is 245 g/mol. The minimum Gasteiger partial charge on any atom is -0.488 e. The Bertz CT molecular complexity index is 321. The van der Waals surface area contributed by atoms with Crippen LogP contribution >= 0.6 is 0 Å². The van der Waals surface area contributed by atoms with Crippen LogP contribution in [-0.2, 0) is 11.3 Å². The van der Waals surface area contributed by atoms with Gasteiger partial charge in [-0.15, -0.1) is 0 Å². The first-order valence-corrected chi connectivity index (χ1v) is 5.42. The van der Waals surface area contributed by atoms with Crippen LogP contribution in [0.2, 0.25) is 0 Å². The number of rotatable bonds is 8. The van der Waals surface area contributed by atoms with Gasteiger partial charge in [0.05, 0.1) is 6.61 Å². The summed E-state index contributed by atoms with van der Waals surface area (Å²) in [4.78, 5) is 0. The highest BCUT2D eigenvalue weighted by atomic mass is 19.3. The number of methoxy groups -OCH3 is 1. The minimum absolute atomic E-state index is 0.469. The van der Waals surface area contributed by atoms with E-state index >= 15 is 0 Å². The fraction of sp³-hybridized carbons (Fsp3) is 0.500. The van der Waals surface area contributed by atoms with Gasteiger partial charge in [0.25, 0.3) is 6.43 Å². The largest absolute Gasteiger partial charge is 0.488 e. The van der Waals surface area contributed by atoms with E-state index in [1.807, 2.05) is 6.07 Å². The summed E-state index contributed by atoms with van der Waals surface area (Å²) in [6.45, 7) is 1.48. The molecule has 1 N–H and O–H groups in total. The number of nitrogens with one attached hydrogen (secondary N) is 1. The fourth-order valence-electron chi connectivity index (χ4n) is 1.31. The second-order valence-electron chi connectivity index (χ2n) is 3.52. The highest BCUT2D eigenvalue weighted by Crippen LogP contribution is 2.13. The predicted molar refractivity (Wildman–Crippen MR) is 61.5 cm³/mol. The van der Waals surface area contributed by atoms with Crippen molar-refractivity contribution in [2.45, 2.75) is 13.0 Å². The molecule has 0 spiro atoms. The molecule has 0 radical (unpaired) electrons. The first-order valence-electron chi connectivity index (χ1n) is 5.42. The van der Waals surface area contributed by atoms with Crippen LogP contribution in [0.5, 0.6) is 5.75 Å². The molecule has 0 saturated heterocycles. The summed E-state index contributed by atoms with van der Waals surface area (Å²) in [7, 11) is 1.64. The SMILES string of the molecule is COCCNCc1cccc(OCC(F)F)c1. The van der Waals surface area contributed by atoms with Crippen LogP contribution in [0.25, 0.3) is 0 Å². The van der Waals surface area contributed by atoms with Gasteiger partial charge < -0.3 is 14.8 Å². The summed E-state index contributed by atoms with van der Waals surface area (Å²) in [6.07, 6.45) is -2.45. The molecular weight excluding hydrogens is 228 g/mol. The lowest BCUT2D eigenvalue weighted by Gasteiger charge is -2.08. The van der Waals surface area contributed by atoms with Crippen molar-refractivity contribution in [1.82, 2.24) is 5.32 Å². The molecule has 0 aliphatic heterocycles. The van der Waals surface area contributed by atoms with E-state index in [0.29, 0.717) is 18.9 Å². The molecule has 0 aliphatic carbocycles. The zero-order chi connectivity index (χ0) is 12.5. The number of benzene rings is 1. The fourth-order valence-corrected chi connectivity index (χ4v) is 1.31. The summed E-state index contributed by atoms with van der Waals surface area (Å²) < 4.78 is 33.7. The van der Waals surface area contributed by atoms with Crippen LogP contribution in [0.4, 0.5) is 8.78 Å². The molecule has 96 valence electrons. The minimum atomic E-state index is -2.45. The Morgan fingerprint density at radius 1 is 1.35 bits per heavy atom. The van der Waals surface area contributed by atoms with E-state index in [4.69, 9.17) is 9.47 Å². The van der Waals surface area contributed by atoms with Crippen molar-refractivity contribution in [3.05, 3.63) is 29.8 Å². The van der Waals surface area contributed by atoms with Crippen molar-refractivity contribution >= 4 is 0 Å². The Morgan fingerprint density at radius 3 is 2.88 bits per heavy atom. The van der Waals surface area contributed by atoms with Gasteiger partial charge in [0.15, 0.2) is 0 Å². The maximum atomic E-state index is 12.0. The molecular formula is C12H17F2NO2. The van der Waals surface area contributed by atoms with Gasteiger partial charge in [0.1, 0.15) is 12.4 Å². The second kappa shape index (κ2) is 7.97. The zero-order valence-electron chi connectivity index (χ0n) is 9.79.